The van der Waals surface area contributed by atoms with E-state index in [0.29, 0.717) is 63.4 Å². The zero-order chi connectivity index (χ0) is 28.0. The van der Waals surface area contributed by atoms with Crippen LogP contribution in [0.1, 0.15) is 43.4 Å². The predicted octanol–water partition coefficient (Wildman–Crippen LogP) is 4.36. The molecule has 208 valence electrons. The zero-order valence-corrected chi connectivity index (χ0v) is 21.7. The largest absolute Gasteiger partial charge is 0.493 e. The summed E-state index contributed by atoms with van der Waals surface area (Å²) in [5.74, 6) is -2.12. The third-order valence-corrected chi connectivity index (χ3v) is 7.42. The second-order valence-electron chi connectivity index (χ2n) is 9.95. The molecule has 0 bridgehead atoms. The van der Waals surface area contributed by atoms with Crippen LogP contribution in [0, 0.1) is 5.41 Å². The first-order valence-electron chi connectivity index (χ1n) is 13.0. The van der Waals surface area contributed by atoms with Crippen molar-refractivity contribution in [1.82, 2.24) is 15.1 Å². The summed E-state index contributed by atoms with van der Waals surface area (Å²) >= 11 is 0. The summed E-state index contributed by atoms with van der Waals surface area (Å²) in [6, 6.07) is 14.0. The maximum Gasteiger partial charge on any atom is 0.471 e. The summed E-state index contributed by atoms with van der Waals surface area (Å²) in [4.78, 5) is 41.2. The van der Waals surface area contributed by atoms with Gasteiger partial charge < -0.3 is 19.9 Å². The summed E-state index contributed by atoms with van der Waals surface area (Å²) in [6.45, 7) is 4.21. The van der Waals surface area contributed by atoms with Gasteiger partial charge in [-0.1, -0.05) is 48.5 Å². The summed E-state index contributed by atoms with van der Waals surface area (Å²) < 4.78 is 44.5. The maximum atomic E-state index is 13.4. The molecule has 4 rings (SSSR count). The molecule has 3 amide bonds. The van der Waals surface area contributed by atoms with E-state index in [-0.39, 0.29) is 11.3 Å². The topological polar surface area (TPSA) is 79.0 Å². The number of nitrogens with one attached hydrogen (secondary N) is 1. The minimum absolute atomic E-state index is 0.110. The quantitative estimate of drug-likeness (QED) is 0.527. The highest BCUT2D eigenvalue weighted by Gasteiger charge is 2.46. The fourth-order valence-corrected chi connectivity index (χ4v) is 5.23. The van der Waals surface area contributed by atoms with Crippen LogP contribution < -0.4 is 10.1 Å². The maximum absolute atomic E-state index is 13.4. The van der Waals surface area contributed by atoms with E-state index in [0.717, 1.165) is 5.56 Å². The molecule has 0 saturated carbocycles. The van der Waals surface area contributed by atoms with Crippen LogP contribution in [0.5, 0.6) is 5.75 Å². The second kappa shape index (κ2) is 11.9. The van der Waals surface area contributed by atoms with Crippen LogP contribution in [0.2, 0.25) is 0 Å². The fourth-order valence-electron chi connectivity index (χ4n) is 5.23. The van der Waals surface area contributed by atoms with E-state index >= 15 is 0 Å². The Bertz CT molecular complexity index is 1210. The molecule has 7 nitrogen and oxygen atoms in total. The number of hydrogen-bond donors (Lipinski definition) is 1. The number of carbonyl (C=O) groups excluding carboxylic acids is 3. The molecule has 1 N–H and O–H groups in total. The Morgan fingerprint density at radius 1 is 0.974 bits per heavy atom. The van der Waals surface area contributed by atoms with Gasteiger partial charge in [0.2, 0.25) is 11.8 Å². The Labute approximate surface area is 225 Å². The van der Waals surface area contributed by atoms with Crippen molar-refractivity contribution >= 4 is 23.8 Å². The van der Waals surface area contributed by atoms with Crippen LogP contribution in [0.3, 0.4) is 0 Å². The van der Waals surface area contributed by atoms with Crippen LogP contribution in [0.25, 0.3) is 6.08 Å². The number of halogens is 3. The highest BCUT2D eigenvalue weighted by atomic mass is 19.4. The molecule has 2 fully saturated rings. The van der Waals surface area contributed by atoms with E-state index in [1.54, 1.807) is 29.2 Å². The number of nitrogens with zero attached hydrogens (tertiary/aromatic N) is 2. The third kappa shape index (κ3) is 6.79. The number of rotatable bonds is 7. The van der Waals surface area contributed by atoms with Crippen LogP contribution in [-0.2, 0) is 14.4 Å². The lowest BCUT2D eigenvalue weighted by Gasteiger charge is -2.39. The number of amides is 3. The van der Waals surface area contributed by atoms with Crippen LogP contribution in [0.4, 0.5) is 13.2 Å². The number of para-hydroxylation sites is 1. The molecule has 1 atom stereocenters. The predicted molar refractivity (Wildman–Crippen MR) is 139 cm³/mol. The van der Waals surface area contributed by atoms with Gasteiger partial charge in [-0.05, 0) is 49.3 Å². The van der Waals surface area contributed by atoms with Crippen molar-refractivity contribution < 1.29 is 32.3 Å². The van der Waals surface area contributed by atoms with Crippen LogP contribution in [-0.4, -0.2) is 66.5 Å². The molecule has 2 aliphatic heterocycles. The Hall–Kier alpha value is -3.82. The van der Waals surface area contributed by atoms with Gasteiger partial charge in [-0.15, -0.1) is 0 Å². The zero-order valence-electron chi connectivity index (χ0n) is 21.7. The Balaban J connectivity index is 1.37. The first kappa shape index (κ1) is 28.2. The molecule has 2 aromatic carbocycles. The van der Waals surface area contributed by atoms with Crippen LogP contribution in [0.15, 0.2) is 60.7 Å². The molecule has 2 aliphatic rings. The molecule has 2 saturated heterocycles. The number of benzene rings is 2. The van der Waals surface area contributed by atoms with E-state index in [9.17, 15) is 27.6 Å². The van der Waals surface area contributed by atoms with Crippen molar-refractivity contribution in [1.29, 1.82) is 0 Å². The fraction of sp³-hybridized carbons (Fsp3) is 0.414. The van der Waals surface area contributed by atoms with Crippen molar-refractivity contribution in [2.24, 2.45) is 5.41 Å². The Morgan fingerprint density at radius 3 is 2.23 bits per heavy atom. The molecular formula is C29H32F3N3O4. The van der Waals surface area contributed by atoms with E-state index in [1.165, 1.54) is 23.1 Å². The second-order valence-corrected chi connectivity index (χ2v) is 9.95. The normalized spacial score (nSPS) is 17.8. The molecule has 39 heavy (non-hydrogen) atoms. The monoisotopic (exact) mass is 543 g/mol. The van der Waals surface area contributed by atoms with E-state index in [4.69, 9.17) is 4.74 Å². The number of carbonyl (C=O) groups is 3. The van der Waals surface area contributed by atoms with Gasteiger partial charge in [0.05, 0.1) is 6.61 Å². The highest BCUT2D eigenvalue weighted by molar-refractivity contribution is 5.92. The average molecular weight is 544 g/mol. The van der Waals surface area contributed by atoms with Crippen molar-refractivity contribution in [3.63, 3.8) is 0 Å². The van der Waals surface area contributed by atoms with Gasteiger partial charge in [-0.2, -0.15) is 13.2 Å². The lowest BCUT2D eigenvalue weighted by atomic mass is 9.77. The number of piperidine rings is 1. The first-order valence-corrected chi connectivity index (χ1v) is 13.0. The molecular weight excluding hydrogens is 511 g/mol. The van der Waals surface area contributed by atoms with Gasteiger partial charge in [0.1, 0.15) is 11.8 Å². The number of alkyl halides is 3. The Kier molecular flexibility index (Phi) is 8.62. The van der Waals surface area contributed by atoms with Gasteiger partial charge in [0.15, 0.2) is 0 Å². The minimum Gasteiger partial charge on any atom is -0.493 e. The van der Waals surface area contributed by atoms with Gasteiger partial charge >= 0.3 is 12.1 Å². The number of hydrogen-bond acceptors (Lipinski definition) is 4. The smallest absolute Gasteiger partial charge is 0.471 e. The summed E-state index contributed by atoms with van der Waals surface area (Å²) in [5.41, 5.74) is 0.892. The minimum atomic E-state index is -5.10. The molecule has 1 spiro atoms. The molecule has 0 radical (unpaired) electrons. The summed E-state index contributed by atoms with van der Waals surface area (Å²) in [7, 11) is 0. The van der Waals surface area contributed by atoms with E-state index in [2.05, 4.69) is 0 Å². The number of ether oxygens (including phenoxy) is 1. The van der Waals surface area contributed by atoms with Crippen molar-refractivity contribution in [2.75, 3.05) is 32.8 Å². The lowest BCUT2D eigenvalue weighted by Crippen LogP contribution is -2.48. The summed E-state index contributed by atoms with van der Waals surface area (Å²) in [5, 5.41) is 1.88. The van der Waals surface area contributed by atoms with Gasteiger partial charge in [-0.25, -0.2) is 0 Å². The van der Waals surface area contributed by atoms with Crippen molar-refractivity contribution in [3.8, 4) is 5.75 Å². The van der Waals surface area contributed by atoms with E-state index < -0.39 is 24.0 Å². The average Bonchev–Trinajstić information content (AvgIpc) is 3.34. The van der Waals surface area contributed by atoms with Gasteiger partial charge in [0, 0.05) is 37.8 Å². The first-order chi connectivity index (χ1) is 18.6. The standard InChI is InChI=1S/C29H32F3N3O4/c1-2-39-23-11-7-6-8-21(23)12-13-24(36)34-17-14-28(15-18-34)16-19-35(20-28)26(37)25(22-9-4-3-5-10-22)33-27(38)29(30,31)32/h3-13,25H,2,14-20H2,1H3,(H,33,38)/b13-12+/t25-/m0/s1. The molecule has 0 unspecified atom stereocenters. The highest BCUT2D eigenvalue weighted by Crippen LogP contribution is 2.41. The summed E-state index contributed by atoms with van der Waals surface area (Å²) in [6.07, 6.45) is 0.222. The Morgan fingerprint density at radius 2 is 1.59 bits per heavy atom. The van der Waals surface area contributed by atoms with Gasteiger partial charge in [-0.3, -0.25) is 14.4 Å². The molecule has 0 aromatic heterocycles. The molecule has 10 heteroatoms. The lowest BCUT2D eigenvalue weighted by molar-refractivity contribution is -0.175. The third-order valence-electron chi connectivity index (χ3n) is 7.42. The number of likely N-dealkylation sites (tertiary alicyclic amines) is 2. The SMILES string of the molecule is CCOc1ccccc1/C=C/C(=O)N1CCC2(CC1)CCN(C(=O)[C@@H](NC(=O)C(F)(F)F)c1ccccc1)C2. The van der Waals surface area contributed by atoms with Gasteiger partial charge in [0.25, 0.3) is 0 Å². The molecule has 2 heterocycles. The van der Waals surface area contributed by atoms with Crippen LogP contribution >= 0.6 is 0 Å². The molecule has 0 aliphatic carbocycles. The van der Waals surface area contributed by atoms with Crippen molar-refractivity contribution in [2.45, 2.75) is 38.4 Å². The van der Waals surface area contributed by atoms with E-state index in [1.807, 2.05) is 36.5 Å². The van der Waals surface area contributed by atoms with Crippen molar-refractivity contribution in [3.05, 3.63) is 71.8 Å². The molecule has 2 aromatic rings.